The summed E-state index contributed by atoms with van der Waals surface area (Å²) in [5.41, 5.74) is 1.10. The zero-order valence-electron chi connectivity index (χ0n) is 13.8. The fourth-order valence-electron chi connectivity index (χ4n) is 3.42. The quantitative estimate of drug-likeness (QED) is 0.714. The van der Waals surface area contributed by atoms with E-state index in [1.54, 1.807) is 17.5 Å². The number of benzene rings is 1. The molecule has 6 heteroatoms. The van der Waals surface area contributed by atoms with Crippen LogP contribution in [-0.2, 0) is 6.54 Å². The van der Waals surface area contributed by atoms with Gasteiger partial charge >= 0.3 is 0 Å². The largest absolute Gasteiger partial charge is 0.351 e. The van der Waals surface area contributed by atoms with Crippen molar-refractivity contribution in [1.29, 1.82) is 0 Å². The van der Waals surface area contributed by atoms with Crippen LogP contribution in [0.2, 0.25) is 0 Å². The molecular formula is C18H21N5S. The van der Waals surface area contributed by atoms with Crippen molar-refractivity contribution in [3.05, 3.63) is 47.6 Å². The van der Waals surface area contributed by atoms with Crippen LogP contribution in [0.1, 0.15) is 17.8 Å². The lowest BCUT2D eigenvalue weighted by molar-refractivity contribution is 0.302. The highest BCUT2D eigenvalue weighted by Crippen LogP contribution is 2.25. The van der Waals surface area contributed by atoms with E-state index in [1.165, 1.54) is 22.5 Å². The minimum Gasteiger partial charge on any atom is -0.351 e. The van der Waals surface area contributed by atoms with Crippen molar-refractivity contribution in [2.24, 2.45) is 0 Å². The Bertz CT molecular complexity index is 770. The van der Waals surface area contributed by atoms with Gasteiger partial charge in [0.15, 0.2) is 5.82 Å². The topological polar surface area (TPSA) is 45.2 Å². The van der Waals surface area contributed by atoms with Crippen molar-refractivity contribution in [1.82, 2.24) is 20.1 Å². The molecular weight excluding hydrogens is 318 g/mol. The van der Waals surface area contributed by atoms with Gasteiger partial charge in [0, 0.05) is 25.3 Å². The number of thiazole rings is 1. The second kappa shape index (κ2) is 6.83. The molecule has 1 unspecified atom stereocenters. The Balaban J connectivity index is 1.42. The Labute approximate surface area is 146 Å². The maximum atomic E-state index is 4.75. The van der Waals surface area contributed by atoms with Crippen LogP contribution in [0.25, 0.3) is 10.2 Å². The molecule has 1 saturated heterocycles. The monoisotopic (exact) mass is 339 g/mol. The first kappa shape index (κ1) is 15.5. The van der Waals surface area contributed by atoms with Gasteiger partial charge in [-0.2, -0.15) is 5.10 Å². The summed E-state index contributed by atoms with van der Waals surface area (Å²) in [6.07, 6.45) is 4.16. The van der Waals surface area contributed by atoms with Crippen molar-refractivity contribution in [3.63, 3.8) is 0 Å². The van der Waals surface area contributed by atoms with Crippen LogP contribution in [0.3, 0.4) is 0 Å². The molecule has 1 aromatic carbocycles. The maximum Gasteiger partial charge on any atom is 0.151 e. The van der Waals surface area contributed by atoms with Gasteiger partial charge in [-0.15, -0.1) is 16.4 Å². The summed E-state index contributed by atoms with van der Waals surface area (Å²) in [5.74, 6) is 0.994. The van der Waals surface area contributed by atoms with Crippen molar-refractivity contribution in [2.75, 3.05) is 25.0 Å². The van der Waals surface area contributed by atoms with Crippen LogP contribution in [0.5, 0.6) is 0 Å². The Morgan fingerprint density at radius 3 is 3.00 bits per heavy atom. The predicted molar refractivity (Wildman–Crippen MR) is 98.4 cm³/mol. The maximum absolute atomic E-state index is 4.75. The second-order valence-electron chi connectivity index (χ2n) is 6.34. The second-order valence-corrected chi connectivity index (χ2v) is 7.46. The van der Waals surface area contributed by atoms with Crippen LogP contribution >= 0.6 is 11.3 Å². The zero-order chi connectivity index (χ0) is 16.4. The molecule has 0 amide bonds. The van der Waals surface area contributed by atoms with E-state index in [9.17, 15) is 0 Å². The first-order valence-corrected chi connectivity index (χ1v) is 9.18. The lowest BCUT2D eigenvalue weighted by atomic mass is 10.2. The first-order valence-electron chi connectivity index (χ1n) is 8.37. The van der Waals surface area contributed by atoms with Crippen LogP contribution < -0.4 is 4.90 Å². The van der Waals surface area contributed by atoms with E-state index in [2.05, 4.69) is 51.3 Å². The highest BCUT2D eigenvalue weighted by Gasteiger charge is 2.27. The lowest BCUT2D eigenvalue weighted by Gasteiger charge is -2.28. The van der Waals surface area contributed by atoms with Crippen molar-refractivity contribution in [3.8, 4) is 0 Å². The molecule has 1 fully saturated rings. The molecule has 0 radical (unpaired) electrons. The summed E-state index contributed by atoms with van der Waals surface area (Å²) in [7, 11) is 2.18. The van der Waals surface area contributed by atoms with Gasteiger partial charge in [0.25, 0.3) is 0 Å². The smallest absolute Gasteiger partial charge is 0.151 e. The normalized spacial score (nSPS) is 17.9. The van der Waals surface area contributed by atoms with Gasteiger partial charge in [-0.1, -0.05) is 12.1 Å². The van der Waals surface area contributed by atoms with Crippen LogP contribution in [0.4, 0.5) is 5.82 Å². The SMILES string of the molecule is CN(Cc1nc2ccccc2s1)CC1CCCN1c1cccnn1. The summed E-state index contributed by atoms with van der Waals surface area (Å²) in [5, 5.41) is 9.48. The van der Waals surface area contributed by atoms with E-state index in [-0.39, 0.29) is 0 Å². The number of hydrogen-bond donors (Lipinski definition) is 0. The standard InChI is InChI=1S/C18H21N5S/c1-22(13-18-20-15-7-2-3-8-16(15)24-18)12-14-6-5-11-23(14)17-9-4-10-19-21-17/h2-4,7-10,14H,5-6,11-13H2,1H3. The van der Waals surface area contributed by atoms with Crippen LogP contribution in [-0.4, -0.2) is 46.3 Å². The zero-order valence-corrected chi connectivity index (χ0v) is 14.6. The van der Waals surface area contributed by atoms with Gasteiger partial charge in [-0.3, -0.25) is 4.90 Å². The first-order chi connectivity index (χ1) is 11.8. The van der Waals surface area contributed by atoms with E-state index in [4.69, 9.17) is 4.98 Å². The summed E-state index contributed by atoms with van der Waals surface area (Å²) in [6, 6.07) is 12.9. The molecule has 5 nitrogen and oxygen atoms in total. The highest BCUT2D eigenvalue weighted by molar-refractivity contribution is 7.18. The van der Waals surface area contributed by atoms with Gasteiger partial charge < -0.3 is 4.90 Å². The summed E-state index contributed by atoms with van der Waals surface area (Å²) >= 11 is 1.79. The number of hydrogen-bond acceptors (Lipinski definition) is 6. The van der Waals surface area contributed by atoms with Crippen LogP contribution in [0, 0.1) is 0 Å². The fourth-order valence-corrected chi connectivity index (χ4v) is 4.46. The number of rotatable bonds is 5. The molecule has 1 atom stereocenters. The minimum atomic E-state index is 0.501. The van der Waals surface area contributed by atoms with E-state index in [1.807, 2.05) is 12.1 Å². The molecule has 0 N–H and O–H groups in total. The molecule has 3 heterocycles. The summed E-state index contributed by atoms with van der Waals surface area (Å²) < 4.78 is 1.27. The third-order valence-corrected chi connectivity index (χ3v) is 5.52. The average Bonchev–Trinajstić information content (AvgIpc) is 3.21. The molecule has 1 aliphatic heterocycles. The third kappa shape index (κ3) is 3.25. The number of fused-ring (bicyclic) bond motifs is 1. The lowest BCUT2D eigenvalue weighted by Crippen LogP contribution is -2.39. The Hall–Kier alpha value is -2.05. The number of likely N-dealkylation sites (N-methyl/N-ethyl adjacent to an activating group) is 1. The summed E-state index contributed by atoms with van der Waals surface area (Å²) in [6.45, 7) is 2.98. The number of aromatic nitrogens is 3. The Morgan fingerprint density at radius 1 is 1.25 bits per heavy atom. The molecule has 24 heavy (non-hydrogen) atoms. The van der Waals surface area contributed by atoms with Gasteiger partial charge in [0.1, 0.15) is 5.01 Å². The van der Waals surface area contributed by atoms with E-state index in [0.717, 1.165) is 31.0 Å². The third-order valence-electron chi connectivity index (χ3n) is 4.50. The van der Waals surface area contributed by atoms with Crippen molar-refractivity contribution < 1.29 is 0 Å². The number of nitrogens with zero attached hydrogens (tertiary/aromatic N) is 5. The van der Waals surface area contributed by atoms with Crippen molar-refractivity contribution in [2.45, 2.75) is 25.4 Å². The molecule has 0 aliphatic carbocycles. The molecule has 3 aromatic rings. The molecule has 1 aliphatic rings. The van der Waals surface area contributed by atoms with Crippen molar-refractivity contribution >= 4 is 27.4 Å². The van der Waals surface area contributed by atoms with Gasteiger partial charge in [0.05, 0.1) is 16.8 Å². The molecule has 124 valence electrons. The highest BCUT2D eigenvalue weighted by atomic mass is 32.1. The van der Waals surface area contributed by atoms with Crippen LogP contribution in [0.15, 0.2) is 42.6 Å². The van der Waals surface area contributed by atoms with Gasteiger partial charge in [-0.05, 0) is 44.2 Å². The Kier molecular flexibility index (Phi) is 4.40. The summed E-state index contributed by atoms with van der Waals surface area (Å²) in [4.78, 5) is 9.51. The molecule has 0 saturated carbocycles. The minimum absolute atomic E-state index is 0.501. The van der Waals surface area contributed by atoms with Gasteiger partial charge in [0.2, 0.25) is 0 Å². The molecule has 4 rings (SSSR count). The number of para-hydroxylation sites is 1. The molecule has 0 spiro atoms. The van der Waals surface area contributed by atoms with E-state index < -0.39 is 0 Å². The van der Waals surface area contributed by atoms with Gasteiger partial charge in [-0.25, -0.2) is 4.98 Å². The van der Waals surface area contributed by atoms with E-state index in [0.29, 0.717) is 6.04 Å². The molecule has 0 bridgehead atoms. The fraction of sp³-hybridized carbons (Fsp3) is 0.389. The predicted octanol–water partition coefficient (Wildman–Crippen LogP) is 3.19. The number of anilines is 1. The molecule has 2 aromatic heterocycles. The Morgan fingerprint density at radius 2 is 2.17 bits per heavy atom. The average molecular weight is 339 g/mol. The van der Waals surface area contributed by atoms with E-state index >= 15 is 0 Å².